The van der Waals surface area contributed by atoms with Crippen LogP contribution >= 0.6 is 15.9 Å². The second-order valence-electron chi connectivity index (χ2n) is 1.36. The lowest BCUT2D eigenvalue weighted by Crippen LogP contribution is -1.89. The van der Waals surface area contributed by atoms with Crippen molar-refractivity contribution in [3.8, 4) is 0 Å². The van der Waals surface area contributed by atoms with Gasteiger partial charge >= 0.3 is 0 Å². The maximum atomic E-state index is 3.99. The summed E-state index contributed by atoms with van der Waals surface area (Å²) in [4.78, 5) is 4.56. The number of aliphatic imine (C=N–C) groups is 1. The molecule has 0 saturated heterocycles. The molecule has 0 aromatic rings. The lowest BCUT2D eigenvalue weighted by Gasteiger charge is -1.84. The SMILES string of the molecule is BrC1C=NCC1. The summed E-state index contributed by atoms with van der Waals surface area (Å²) in [5.74, 6) is 0. The normalized spacial score (nSPS) is 31.8. The minimum atomic E-state index is 0.567. The summed E-state index contributed by atoms with van der Waals surface area (Å²) in [5, 5.41) is 0. The van der Waals surface area contributed by atoms with Gasteiger partial charge in [0.15, 0.2) is 0 Å². The second kappa shape index (κ2) is 1.73. The Kier molecular flexibility index (Phi) is 1.25. The zero-order chi connectivity index (χ0) is 4.41. The number of nitrogens with zero attached hydrogens (tertiary/aromatic N) is 1. The predicted octanol–water partition coefficient (Wildman–Crippen LogP) is 1.22. The molecule has 0 fully saturated rings. The van der Waals surface area contributed by atoms with Crippen molar-refractivity contribution in [1.29, 1.82) is 0 Å². The lowest BCUT2D eigenvalue weighted by molar-refractivity contribution is 0.971. The number of hydrogen-bond donors (Lipinski definition) is 0. The van der Waals surface area contributed by atoms with Crippen LogP contribution in [0.5, 0.6) is 0 Å². The molecule has 0 spiro atoms. The van der Waals surface area contributed by atoms with Crippen LogP contribution in [0.1, 0.15) is 6.42 Å². The Bertz CT molecular complexity index is 69.9. The minimum Gasteiger partial charge on any atom is -0.296 e. The largest absolute Gasteiger partial charge is 0.296 e. The molecule has 1 rings (SSSR count). The van der Waals surface area contributed by atoms with Crippen molar-refractivity contribution >= 4 is 22.1 Å². The van der Waals surface area contributed by atoms with E-state index >= 15 is 0 Å². The molecule has 1 heterocycles. The summed E-state index contributed by atoms with van der Waals surface area (Å²) in [6.45, 7) is 1.01. The summed E-state index contributed by atoms with van der Waals surface area (Å²) >= 11 is 3.39. The fourth-order valence-electron chi connectivity index (χ4n) is 0.461. The van der Waals surface area contributed by atoms with E-state index in [1.165, 1.54) is 6.42 Å². The van der Waals surface area contributed by atoms with Crippen molar-refractivity contribution < 1.29 is 0 Å². The second-order valence-corrected chi connectivity index (χ2v) is 2.54. The van der Waals surface area contributed by atoms with E-state index < -0.39 is 0 Å². The molecule has 34 valence electrons. The molecule has 1 unspecified atom stereocenters. The summed E-state index contributed by atoms with van der Waals surface area (Å²) in [6.07, 6.45) is 3.12. The van der Waals surface area contributed by atoms with Gasteiger partial charge in [-0.3, -0.25) is 4.99 Å². The first-order valence-electron chi connectivity index (χ1n) is 2.03. The first-order valence-corrected chi connectivity index (χ1v) is 2.95. The zero-order valence-electron chi connectivity index (χ0n) is 3.39. The van der Waals surface area contributed by atoms with Crippen molar-refractivity contribution in [3.63, 3.8) is 0 Å². The topological polar surface area (TPSA) is 12.4 Å². The van der Waals surface area contributed by atoms with Gasteiger partial charge in [0.1, 0.15) is 0 Å². The molecule has 6 heavy (non-hydrogen) atoms. The molecule has 0 N–H and O–H groups in total. The highest BCUT2D eigenvalue weighted by Crippen LogP contribution is 2.06. The molecule has 0 amide bonds. The van der Waals surface area contributed by atoms with E-state index in [0.29, 0.717) is 4.83 Å². The summed E-state index contributed by atoms with van der Waals surface area (Å²) < 4.78 is 0. The first-order chi connectivity index (χ1) is 2.89. The van der Waals surface area contributed by atoms with Gasteiger partial charge in [0, 0.05) is 12.8 Å². The maximum Gasteiger partial charge on any atom is 0.0511 e. The molecule has 1 aliphatic rings. The van der Waals surface area contributed by atoms with E-state index in [0.717, 1.165) is 6.54 Å². The highest BCUT2D eigenvalue weighted by Gasteiger charge is 2.02. The van der Waals surface area contributed by atoms with Crippen molar-refractivity contribution in [2.45, 2.75) is 11.2 Å². The Labute approximate surface area is 45.6 Å². The van der Waals surface area contributed by atoms with Crippen molar-refractivity contribution in [2.24, 2.45) is 4.99 Å². The number of hydrogen-bond acceptors (Lipinski definition) is 1. The fourth-order valence-corrected chi connectivity index (χ4v) is 0.833. The van der Waals surface area contributed by atoms with E-state index in [2.05, 4.69) is 20.9 Å². The summed E-state index contributed by atoms with van der Waals surface area (Å²) in [6, 6.07) is 0. The molecule has 1 aliphatic heterocycles. The summed E-state index contributed by atoms with van der Waals surface area (Å²) in [5.41, 5.74) is 0. The van der Waals surface area contributed by atoms with Crippen LogP contribution in [0.2, 0.25) is 0 Å². The number of alkyl halides is 1. The van der Waals surface area contributed by atoms with Gasteiger partial charge in [-0.05, 0) is 6.42 Å². The fraction of sp³-hybridized carbons (Fsp3) is 0.750. The van der Waals surface area contributed by atoms with Gasteiger partial charge in [-0.2, -0.15) is 0 Å². The van der Waals surface area contributed by atoms with Gasteiger partial charge in [0.05, 0.1) is 4.83 Å². The predicted molar refractivity (Wildman–Crippen MR) is 30.7 cm³/mol. The lowest BCUT2D eigenvalue weighted by atomic mass is 10.4. The van der Waals surface area contributed by atoms with Gasteiger partial charge in [0.2, 0.25) is 0 Å². The van der Waals surface area contributed by atoms with Crippen LogP contribution in [-0.2, 0) is 0 Å². The van der Waals surface area contributed by atoms with Crippen molar-refractivity contribution in [1.82, 2.24) is 0 Å². The van der Waals surface area contributed by atoms with Crippen LogP contribution in [0, 0.1) is 0 Å². The Morgan fingerprint density at radius 2 is 2.67 bits per heavy atom. The van der Waals surface area contributed by atoms with E-state index in [-0.39, 0.29) is 0 Å². The Morgan fingerprint density at radius 1 is 1.83 bits per heavy atom. The standard InChI is InChI=1S/C4H6BrN/c5-4-1-2-6-3-4/h3-4H,1-2H2. The molecule has 0 bridgehead atoms. The van der Waals surface area contributed by atoms with Crippen LogP contribution in [-0.4, -0.2) is 17.6 Å². The third-order valence-corrected chi connectivity index (χ3v) is 1.50. The molecule has 1 nitrogen and oxygen atoms in total. The Morgan fingerprint density at radius 3 is 2.83 bits per heavy atom. The van der Waals surface area contributed by atoms with Crippen LogP contribution in [0.15, 0.2) is 4.99 Å². The van der Waals surface area contributed by atoms with Gasteiger partial charge in [-0.15, -0.1) is 0 Å². The van der Waals surface area contributed by atoms with Gasteiger partial charge in [0.25, 0.3) is 0 Å². The van der Waals surface area contributed by atoms with Gasteiger partial charge in [-0.1, -0.05) is 15.9 Å². The zero-order valence-corrected chi connectivity index (χ0v) is 4.98. The van der Waals surface area contributed by atoms with Crippen LogP contribution in [0.3, 0.4) is 0 Å². The number of halogens is 1. The van der Waals surface area contributed by atoms with E-state index in [4.69, 9.17) is 0 Å². The van der Waals surface area contributed by atoms with Crippen molar-refractivity contribution in [3.05, 3.63) is 0 Å². The molecule has 0 radical (unpaired) electrons. The highest BCUT2D eigenvalue weighted by molar-refractivity contribution is 9.10. The summed E-state index contributed by atoms with van der Waals surface area (Å²) in [7, 11) is 0. The highest BCUT2D eigenvalue weighted by atomic mass is 79.9. The molecule has 1 atom stereocenters. The van der Waals surface area contributed by atoms with E-state index in [1.807, 2.05) is 6.21 Å². The average molecular weight is 148 g/mol. The molecule has 0 aliphatic carbocycles. The first kappa shape index (κ1) is 4.31. The van der Waals surface area contributed by atoms with E-state index in [9.17, 15) is 0 Å². The molecular formula is C4H6BrN. The Hall–Kier alpha value is 0.150. The monoisotopic (exact) mass is 147 g/mol. The molecule has 0 aromatic carbocycles. The van der Waals surface area contributed by atoms with E-state index in [1.54, 1.807) is 0 Å². The molecule has 0 saturated carbocycles. The van der Waals surface area contributed by atoms with Gasteiger partial charge in [-0.25, -0.2) is 0 Å². The number of rotatable bonds is 0. The van der Waals surface area contributed by atoms with Crippen LogP contribution in [0.4, 0.5) is 0 Å². The third-order valence-electron chi connectivity index (χ3n) is 0.801. The quantitative estimate of drug-likeness (QED) is 0.458. The molecule has 0 aromatic heterocycles. The average Bonchev–Trinajstić information content (AvgIpc) is 1.86. The minimum absolute atomic E-state index is 0.567. The molecule has 2 heteroatoms. The molecular weight excluding hydrogens is 142 g/mol. The van der Waals surface area contributed by atoms with Crippen LogP contribution in [0.25, 0.3) is 0 Å². The third kappa shape index (κ3) is 0.805. The Balaban J connectivity index is 2.38. The smallest absolute Gasteiger partial charge is 0.0511 e. The maximum absolute atomic E-state index is 3.99. The van der Waals surface area contributed by atoms with Crippen molar-refractivity contribution in [2.75, 3.05) is 6.54 Å². The van der Waals surface area contributed by atoms with Crippen LogP contribution < -0.4 is 0 Å². The van der Waals surface area contributed by atoms with Gasteiger partial charge < -0.3 is 0 Å².